The van der Waals surface area contributed by atoms with Crippen LogP contribution in [0.3, 0.4) is 0 Å². The molecule has 0 radical (unpaired) electrons. The van der Waals surface area contributed by atoms with Gasteiger partial charge in [-0.3, -0.25) is 0 Å². The first-order chi connectivity index (χ1) is 7.54. The largest absolute Gasteiger partial charge is 0.497 e. The van der Waals surface area contributed by atoms with Crippen molar-refractivity contribution < 1.29 is 13.5 Å². The molecule has 0 fully saturated rings. The molecule has 0 saturated carbocycles. The van der Waals surface area contributed by atoms with Gasteiger partial charge in [-0.15, -0.1) is 0 Å². The van der Waals surface area contributed by atoms with Crippen molar-refractivity contribution in [1.82, 2.24) is 5.32 Å². The fourth-order valence-corrected chi connectivity index (χ4v) is 1.46. The third-order valence-corrected chi connectivity index (χ3v) is 2.51. The minimum Gasteiger partial charge on any atom is -0.497 e. The van der Waals surface area contributed by atoms with Gasteiger partial charge in [-0.25, -0.2) is 8.78 Å². The van der Waals surface area contributed by atoms with Gasteiger partial charge in [-0.05, 0) is 31.5 Å². The van der Waals surface area contributed by atoms with E-state index < -0.39 is 12.5 Å². The molecule has 0 amide bonds. The molecule has 1 aromatic rings. The minimum atomic E-state index is -2.35. The molecule has 0 bridgehead atoms. The van der Waals surface area contributed by atoms with Gasteiger partial charge in [0.2, 0.25) is 0 Å². The molecule has 1 rings (SSSR count). The molecule has 4 heteroatoms. The van der Waals surface area contributed by atoms with Crippen LogP contribution in [0.15, 0.2) is 24.3 Å². The molecule has 2 unspecified atom stereocenters. The van der Waals surface area contributed by atoms with Crippen LogP contribution in [0.5, 0.6) is 5.75 Å². The van der Waals surface area contributed by atoms with Gasteiger partial charge in [0.1, 0.15) is 5.75 Å². The van der Waals surface area contributed by atoms with Crippen molar-refractivity contribution in [2.75, 3.05) is 7.11 Å². The maximum atomic E-state index is 12.3. The number of ether oxygens (including phenoxy) is 1. The second-order valence-corrected chi connectivity index (χ2v) is 3.78. The van der Waals surface area contributed by atoms with Crippen LogP contribution in [-0.2, 0) is 0 Å². The van der Waals surface area contributed by atoms with Gasteiger partial charge in [0, 0.05) is 6.04 Å². The van der Waals surface area contributed by atoms with Crippen molar-refractivity contribution in [1.29, 1.82) is 0 Å². The van der Waals surface area contributed by atoms with Gasteiger partial charge in [-0.1, -0.05) is 12.1 Å². The van der Waals surface area contributed by atoms with E-state index >= 15 is 0 Å². The fourth-order valence-electron chi connectivity index (χ4n) is 1.46. The Balaban J connectivity index is 2.62. The van der Waals surface area contributed by atoms with Gasteiger partial charge in [0.15, 0.2) is 0 Å². The zero-order valence-corrected chi connectivity index (χ0v) is 9.71. The molecule has 0 saturated heterocycles. The normalized spacial score (nSPS) is 14.9. The quantitative estimate of drug-likeness (QED) is 0.838. The molecule has 2 nitrogen and oxygen atoms in total. The zero-order chi connectivity index (χ0) is 12.1. The van der Waals surface area contributed by atoms with Gasteiger partial charge < -0.3 is 10.1 Å². The lowest BCUT2D eigenvalue weighted by molar-refractivity contribution is 0.101. The van der Waals surface area contributed by atoms with Crippen molar-refractivity contribution in [3.05, 3.63) is 29.8 Å². The highest BCUT2D eigenvalue weighted by atomic mass is 19.3. The highest BCUT2D eigenvalue weighted by Gasteiger charge is 2.17. The first kappa shape index (κ1) is 12.9. The average Bonchev–Trinajstić information content (AvgIpc) is 2.28. The lowest BCUT2D eigenvalue weighted by Gasteiger charge is -2.19. The number of halogens is 2. The standard InChI is InChI=1S/C12H17F2NO/c1-8(15-9(2)12(13)14)10-4-6-11(16-3)7-5-10/h4-9,12,15H,1-3H3. The molecule has 0 aliphatic heterocycles. The van der Waals surface area contributed by atoms with Crippen LogP contribution in [0.2, 0.25) is 0 Å². The van der Waals surface area contributed by atoms with E-state index in [-0.39, 0.29) is 6.04 Å². The van der Waals surface area contributed by atoms with Gasteiger partial charge in [-0.2, -0.15) is 0 Å². The van der Waals surface area contributed by atoms with Crippen LogP contribution in [0.1, 0.15) is 25.5 Å². The Morgan fingerprint density at radius 3 is 2.12 bits per heavy atom. The fraction of sp³-hybridized carbons (Fsp3) is 0.500. The molecular formula is C12H17F2NO. The van der Waals surface area contributed by atoms with Crippen molar-refractivity contribution in [3.63, 3.8) is 0 Å². The Labute approximate surface area is 94.6 Å². The Bertz CT molecular complexity index is 313. The third-order valence-electron chi connectivity index (χ3n) is 2.51. The first-order valence-electron chi connectivity index (χ1n) is 5.22. The van der Waals surface area contributed by atoms with E-state index in [0.29, 0.717) is 0 Å². The summed E-state index contributed by atoms with van der Waals surface area (Å²) in [5.41, 5.74) is 0.966. The predicted octanol–water partition coefficient (Wildman–Crippen LogP) is 3.00. The molecule has 1 N–H and O–H groups in total. The molecule has 16 heavy (non-hydrogen) atoms. The smallest absolute Gasteiger partial charge is 0.253 e. The van der Waals surface area contributed by atoms with Gasteiger partial charge in [0.05, 0.1) is 13.2 Å². The maximum Gasteiger partial charge on any atom is 0.253 e. The summed E-state index contributed by atoms with van der Waals surface area (Å²) >= 11 is 0. The summed E-state index contributed by atoms with van der Waals surface area (Å²) in [6.07, 6.45) is -2.35. The second kappa shape index (κ2) is 5.80. The van der Waals surface area contributed by atoms with Crippen LogP contribution in [0, 0.1) is 0 Å². The average molecular weight is 229 g/mol. The number of benzene rings is 1. The van der Waals surface area contributed by atoms with Crippen LogP contribution >= 0.6 is 0 Å². The van der Waals surface area contributed by atoms with Crippen LogP contribution in [0.4, 0.5) is 8.78 Å². The summed E-state index contributed by atoms with van der Waals surface area (Å²) in [6, 6.07) is 6.47. The van der Waals surface area contributed by atoms with E-state index in [1.54, 1.807) is 7.11 Å². The molecule has 0 aliphatic rings. The van der Waals surface area contributed by atoms with E-state index in [1.165, 1.54) is 6.92 Å². The lowest BCUT2D eigenvalue weighted by Crippen LogP contribution is -2.34. The molecule has 0 aromatic heterocycles. The van der Waals surface area contributed by atoms with Crippen molar-refractivity contribution in [3.8, 4) is 5.75 Å². The molecule has 90 valence electrons. The summed E-state index contributed by atoms with van der Waals surface area (Å²) in [6.45, 7) is 3.34. The number of hydrogen-bond donors (Lipinski definition) is 1. The van der Waals surface area contributed by atoms with Gasteiger partial charge >= 0.3 is 0 Å². The SMILES string of the molecule is COc1ccc(C(C)NC(C)C(F)F)cc1. The van der Waals surface area contributed by atoms with Crippen LogP contribution < -0.4 is 10.1 Å². The Morgan fingerprint density at radius 2 is 1.69 bits per heavy atom. The Morgan fingerprint density at radius 1 is 1.12 bits per heavy atom. The van der Waals surface area contributed by atoms with Crippen LogP contribution in [-0.4, -0.2) is 19.6 Å². The third kappa shape index (κ3) is 3.45. The molecule has 0 heterocycles. The molecular weight excluding hydrogens is 212 g/mol. The number of nitrogens with one attached hydrogen (secondary N) is 1. The van der Waals surface area contributed by atoms with E-state index in [1.807, 2.05) is 31.2 Å². The Kier molecular flexibility index (Phi) is 4.68. The van der Waals surface area contributed by atoms with E-state index in [2.05, 4.69) is 5.32 Å². The van der Waals surface area contributed by atoms with Crippen molar-refractivity contribution >= 4 is 0 Å². The summed E-state index contributed by atoms with van der Waals surface area (Å²) in [4.78, 5) is 0. The topological polar surface area (TPSA) is 21.3 Å². The highest BCUT2D eigenvalue weighted by Crippen LogP contribution is 2.18. The molecule has 0 spiro atoms. The number of methoxy groups -OCH3 is 1. The summed E-state index contributed by atoms with van der Waals surface area (Å²) in [5.74, 6) is 0.762. The second-order valence-electron chi connectivity index (χ2n) is 3.78. The summed E-state index contributed by atoms with van der Waals surface area (Å²) in [7, 11) is 1.59. The molecule has 2 atom stereocenters. The summed E-state index contributed by atoms with van der Waals surface area (Å²) in [5, 5.41) is 2.84. The maximum absolute atomic E-state index is 12.3. The van der Waals surface area contributed by atoms with Crippen molar-refractivity contribution in [2.45, 2.75) is 32.4 Å². The van der Waals surface area contributed by atoms with Crippen molar-refractivity contribution in [2.24, 2.45) is 0 Å². The first-order valence-corrected chi connectivity index (χ1v) is 5.22. The zero-order valence-electron chi connectivity index (χ0n) is 9.71. The van der Waals surface area contributed by atoms with Gasteiger partial charge in [0.25, 0.3) is 6.43 Å². The van der Waals surface area contributed by atoms with E-state index in [0.717, 1.165) is 11.3 Å². The van der Waals surface area contributed by atoms with Crippen LogP contribution in [0.25, 0.3) is 0 Å². The van der Waals surface area contributed by atoms with E-state index in [9.17, 15) is 8.78 Å². The Hall–Kier alpha value is -1.16. The highest BCUT2D eigenvalue weighted by molar-refractivity contribution is 5.28. The monoisotopic (exact) mass is 229 g/mol. The predicted molar refractivity (Wildman–Crippen MR) is 60.0 cm³/mol. The number of rotatable bonds is 5. The number of hydrogen-bond acceptors (Lipinski definition) is 2. The molecule has 1 aromatic carbocycles. The number of alkyl halides is 2. The molecule has 0 aliphatic carbocycles. The van der Waals surface area contributed by atoms with E-state index in [4.69, 9.17) is 4.74 Å². The minimum absolute atomic E-state index is 0.102. The summed E-state index contributed by atoms with van der Waals surface area (Å²) < 4.78 is 29.7. The lowest BCUT2D eigenvalue weighted by atomic mass is 10.1.